The summed E-state index contributed by atoms with van der Waals surface area (Å²) in [6.07, 6.45) is 1.58. The van der Waals surface area contributed by atoms with Gasteiger partial charge >= 0.3 is 0 Å². The molecule has 0 radical (unpaired) electrons. The van der Waals surface area contributed by atoms with Crippen molar-refractivity contribution in [1.82, 2.24) is 5.43 Å². The van der Waals surface area contributed by atoms with Gasteiger partial charge < -0.3 is 0 Å². The number of carbonyl (C=O) groups is 1. The zero-order chi connectivity index (χ0) is 13.7. The van der Waals surface area contributed by atoms with E-state index in [-0.39, 0.29) is 5.91 Å². The molecule has 2 aromatic rings. The van der Waals surface area contributed by atoms with Crippen molar-refractivity contribution in [2.24, 2.45) is 5.10 Å². The first kappa shape index (κ1) is 13.8. The molecule has 0 aromatic heterocycles. The number of hydrogen-bond acceptors (Lipinski definition) is 2. The van der Waals surface area contributed by atoms with Crippen molar-refractivity contribution < 1.29 is 4.79 Å². The largest absolute Gasteiger partial charge is 0.271 e. The molecule has 0 spiro atoms. The number of hydrazone groups is 1. The second-order valence-corrected chi connectivity index (χ2v) is 5.02. The molecule has 2 rings (SSSR count). The van der Waals surface area contributed by atoms with Gasteiger partial charge in [-0.2, -0.15) is 5.10 Å². The predicted molar refractivity (Wildman–Crippen MR) is 80.7 cm³/mol. The Labute approximate surface area is 124 Å². The van der Waals surface area contributed by atoms with E-state index in [2.05, 4.69) is 26.5 Å². The molecule has 0 saturated carbocycles. The maximum atomic E-state index is 11.8. The highest BCUT2D eigenvalue weighted by Crippen LogP contribution is 2.13. The summed E-state index contributed by atoms with van der Waals surface area (Å²) in [7, 11) is 0. The number of nitrogens with zero attached hydrogens (tertiary/aromatic N) is 1. The predicted octanol–water partition coefficient (Wildman–Crippen LogP) is 3.87. The fraction of sp³-hybridized carbons (Fsp3) is 0. The lowest BCUT2D eigenvalue weighted by Gasteiger charge is -2.00. The van der Waals surface area contributed by atoms with Gasteiger partial charge in [-0.25, -0.2) is 5.43 Å². The Kier molecular flexibility index (Phi) is 4.71. The fourth-order valence-electron chi connectivity index (χ4n) is 1.41. The Hall–Kier alpha value is -1.65. The summed E-state index contributed by atoms with van der Waals surface area (Å²) >= 11 is 9.15. The Morgan fingerprint density at radius 2 is 1.84 bits per heavy atom. The van der Waals surface area contributed by atoms with E-state index >= 15 is 0 Å². The Balaban J connectivity index is 2.01. The maximum Gasteiger partial charge on any atom is 0.271 e. The van der Waals surface area contributed by atoms with Gasteiger partial charge in [0, 0.05) is 20.6 Å². The Bertz CT molecular complexity index is 611. The summed E-state index contributed by atoms with van der Waals surface area (Å²) in [5.74, 6) is -0.278. The summed E-state index contributed by atoms with van der Waals surface area (Å²) in [6, 6.07) is 14.2. The molecular formula is C14H10BrClN2O. The maximum absolute atomic E-state index is 11.8. The molecular weight excluding hydrogens is 328 g/mol. The quantitative estimate of drug-likeness (QED) is 0.670. The van der Waals surface area contributed by atoms with E-state index in [1.54, 1.807) is 30.5 Å². The number of rotatable bonds is 3. The molecule has 0 fully saturated rings. The third-order valence-corrected chi connectivity index (χ3v) is 3.36. The van der Waals surface area contributed by atoms with Crippen LogP contribution in [-0.2, 0) is 0 Å². The lowest BCUT2D eigenvalue weighted by Crippen LogP contribution is -2.17. The molecule has 96 valence electrons. The van der Waals surface area contributed by atoms with Gasteiger partial charge in [-0.15, -0.1) is 0 Å². The highest BCUT2D eigenvalue weighted by molar-refractivity contribution is 9.10. The molecule has 1 N–H and O–H groups in total. The molecule has 0 bridgehead atoms. The zero-order valence-electron chi connectivity index (χ0n) is 9.81. The van der Waals surface area contributed by atoms with Gasteiger partial charge in [-0.1, -0.05) is 45.7 Å². The fourth-order valence-corrected chi connectivity index (χ4v) is 1.92. The number of benzene rings is 2. The molecule has 1 amide bonds. The van der Waals surface area contributed by atoms with Gasteiger partial charge in [-0.3, -0.25) is 4.79 Å². The van der Waals surface area contributed by atoms with Crippen molar-refractivity contribution in [1.29, 1.82) is 0 Å². The molecule has 5 heteroatoms. The minimum absolute atomic E-state index is 0.278. The molecule has 3 nitrogen and oxygen atoms in total. The number of hydrogen-bond donors (Lipinski definition) is 1. The van der Waals surface area contributed by atoms with Crippen LogP contribution in [0.4, 0.5) is 0 Å². The van der Waals surface area contributed by atoms with Crippen LogP contribution in [0.2, 0.25) is 5.02 Å². The summed E-state index contributed by atoms with van der Waals surface area (Å²) in [4.78, 5) is 11.8. The molecule has 0 saturated heterocycles. The molecule has 0 unspecified atom stereocenters. The van der Waals surface area contributed by atoms with Crippen LogP contribution in [0.5, 0.6) is 0 Å². The van der Waals surface area contributed by atoms with Crippen LogP contribution in [-0.4, -0.2) is 12.1 Å². The molecule has 0 heterocycles. The number of nitrogens with one attached hydrogen (secondary N) is 1. The first-order valence-corrected chi connectivity index (χ1v) is 6.67. The van der Waals surface area contributed by atoms with Crippen LogP contribution in [0, 0.1) is 0 Å². The summed E-state index contributed by atoms with van der Waals surface area (Å²) in [6.45, 7) is 0. The minimum Gasteiger partial charge on any atom is -0.267 e. The summed E-state index contributed by atoms with van der Waals surface area (Å²) in [5, 5.41) is 4.50. The van der Waals surface area contributed by atoms with E-state index in [1.165, 1.54) is 0 Å². The Morgan fingerprint density at radius 3 is 2.53 bits per heavy atom. The first-order valence-electron chi connectivity index (χ1n) is 5.50. The van der Waals surface area contributed by atoms with Crippen LogP contribution < -0.4 is 5.43 Å². The van der Waals surface area contributed by atoms with Crippen LogP contribution in [0.15, 0.2) is 58.1 Å². The van der Waals surface area contributed by atoms with Crippen molar-refractivity contribution in [3.8, 4) is 0 Å². The monoisotopic (exact) mass is 336 g/mol. The molecule has 0 aliphatic heterocycles. The van der Waals surface area contributed by atoms with Gasteiger partial charge in [0.25, 0.3) is 5.91 Å². The molecule has 19 heavy (non-hydrogen) atoms. The molecule has 0 aliphatic rings. The average Bonchev–Trinajstić information content (AvgIpc) is 2.41. The topological polar surface area (TPSA) is 41.5 Å². The van der Waals surface area contributed by atoms with Crippen LogP contribution in [0.3, 0.4) is 0 Å². The van der Waals surface area contributed by atoms with Crippen molar-refractivity contribution in [2.75, 3.05) is 0 Å². The van der Waals surface area contributed by atoms with Gasteiger partial charge in [0.05, 0.1) is 6.21 Å². The molecule has 2 aromatic carbocycles. The van der Waals surface area contributed by atoms with E-state index in [4.69, 9.17) is 11.6 Å². The SMILES string of the molecule is O=C(N/N=C\c1ccccc1Br)c1ccc(Cl)cc1. The van der Waals surface area contributed by atoms with E-state index in [1.807, 2.05) is 24.3 Å². The number of carbonyl (C=O) groups excluding carboxylic acids is 1. The highest BCUT2D eigenvalue weighted by Gasteiger charge is 2.03. The third-order valence-electron chi connectivity index (χ3n) is 2.38. The number of amides is 1. The van der Waals surface area contributed by atoms with Gasteiger partial charge in [0.2, 0.25) is 0 Å². The van der Waals surface area contributed by atoms with Crippen LogP contribution in [0.25, 0.3) is 0 Å². The average molecular weight is 338 g/mol. The van der Waals surface area contributed by atoms with Gasteiger partial charge in [0.1, 0.15) is 0 Å². The second-order valence-electron chi connectivity index (χ2n) is 3.73. The molecule has 0 aliphatic carbocycles. The van der Waals surface area contributed by atoms with Crippen molar-refractivity contribution >= 4 is 39.7 Å². The summed E-state index contributed by atoms with van der Waals surface area (Å²) in [5.41, 5.74) is 3.86. The van der Waals surface area contributed by atoms with Crippen molar-refractivity contribution in [3.63, 3.8) is 0 Å². The highest BCUT2D eigenvalue weighted by atomic mass is 79.9. The van der Waals surface area contributed by atoms with Gasteiger partial charge in [-0.05, 0) is 30.3 Å². The Morgan fingerprint density at radius 1 is 1.16 bits per heavy atom. The van der Waals surface area contributed by atoms with E-state index in [0.717, 1.165) is 10.0 Å². The van der Waals surface area contributed by atoms with Crippen LogP contribution in [0.1, 0.15) is 15.9 Å². The first-order chi connectivity index (χ1) is 9.16. The van der Waals surface area contributed by atoms with Gasteiger partial charge in [0.15, 0.2) is 0 Å². The summed E-state index contributed by atoms with van der Waals surface area (Å²) < 4.78 is 0.916. The lowest BCUT2D eigenvalue weighted by atomic mass is 10.2. The standard InChI is InChI=1S/C14H10BrClN2O/c15-13-4-2-1-3-11(13)9-17-18-14(19)10-5-7-12(16)8-6-10/h1-9H,(H,18,19)/b17-9-. The smallest absolute Gasteiger partial charge is 0.267 e. The van der Waals surface area contributed by atoms with E-state index in [9.17, 15) is 4.79 Å². The van der Waals surface area contributed by atoms with Crippen LogP contribution >= 0.6 is 27.5 Å². The molecule has 0 atom stereocenters. The minimum atomic E-state index is -0.278. The number of halogens is 2. The van der Waals surface area contributed by atoms with E-state index < -0.39 is 0 Å². The second kappa shape index (κ2) is 6.50. The lowest BCUT2D eigenvalue weighted by molar-refractivity contribution is 0.0955. The third kappa shape index (κ3) is 3.91. The van der Waals surface area contributed by atoms with Crippen molar-refractivity contribution in [3.05, 3.63) is 69.2 Å². The normalized spacial score (nSPS) is 10.6. The zero-order valence-corrected chi connectivity index (χ0v) is 12.1. The van der Waals surface area contributed by atoms with Crippen molar-refractivity contribution in [2.45, 2.75) is 0 Å². The van der Waals surface area contributed by atoms with E-state index in [0.29, 0.717) is 10.6 Å².